The van der Waals surface area contributed by atoms with Crippen molar-refractivity contribution in [2.45, 2.75) is 44.0 Å². The van der Waals surface area contributed by atoms with Crippen LogP contribution in [0.4, 0.5) is 0 Å². The molecule has 1 fully saturated rings. The van der Waals surface area contributed by atoms with Crippen LogP contribution in [0.15, 0.2) is 24.3 Å². The molecule has 4 heteroatoms. The Labute approximate surface area is 132 Å². The summed E-state index contributed by atoms with van der Waals surface area (Å²) >= 11 is 2.05. The standard InChI is InChI=1S/C17H27NO2S/c1-2-14-6-5-7-16(10-14)20-13-15(19)11-18-12-17-8-3-4-9-21-17/h5-7,10,15,17-19H,2-4,8-9,11-13H2,1H3/t15-,17-/m0/s1. The summed E-state index contributed by atoms with van der Waals surface area (Å²) < 4.78 is 5.66. The zero-order valence-corrected chi connectivity index (χ0v) is 13.7. The lowest BCUT2D eigenvalue weighted by molar-refractivity contribution is 0.106. The number of thioether (sulfide) groups is 1. The Balaban J connectivity index is 1.61. The number of hydrogen-bond acceptors (Lipinski definition) is 4. The third kappa shape index (κ3) is 6.29. The largest absolute Gasteiger partial charge is 0.491 e. The maximum absolute atomic E-state index is 9.97. The maximum atomic E-state index is 9.97. The van der Waals surface area contributed by atoms with Gasteiger partial charge >= 0.3 is 0 Å². The highest BCUT2D eigenvalue weighted by Gasteiger charge is 2.14. The molecule has 1 aromatic rings. The van der Waals surface area contributed by atoms with Gasteiger partial charge in [-0.05, 0) is 42.7 Å². The summed E-state index contributed by atoms with van der Waals surface area (Å²) in [6, 6.07) is 8.07. The molecular weight excluding hydrogens is 282 g/mol. The molecule has 2 N–H and O–H groups in total. The fraction of sp³-hybridized carbons (Fsp3) is 0.647. The van der Waals surface area contributed by atoms with Crippen LogP contribution in [0.5, 0.6) is 5.75 Å². The number of nitrogens with one attached hydrogen (secondary N) is 1. The smallest absolute Gasteiger partial charge is 0.119 e. The van der Waals surface area contributed by atoms with Crippen molar-refractivity contribution in [1.29, 1.82) is 0 Å². The van der Waals surface area contributed by atoms with Gasteiger partial charge in [-0.25, -0.2) is 0 Å². The minimum atomic E-state index is -0.455. The van der Waals surface area contributed by atoms with Crippen LogP contribution in [0, 0.1) is 0 Å². The third-order valence-electron chi connectivity index (χ3n) is 3.78. The van der Waals surface area contributed by atoms with Crippen molar-refractivity contribution in [3.8, 4) is 5.75 Å². The Morgan fingerprint density at radius 3 is 3.10 bits per heavy atom. The molecule has 0 aliphatic carbocycles. The van der Waals surface area contributed by atoms with Gasteiger partial charge in [0.2, 0.25) is 0 Å². The van der Waals surface area contributed by atoms with Crippen LogP contribution in [0.25, 0.3) is 0 Å². The van der Waals surface area contributed by atoms with E-state index in [2.05, 4.69) is 30.1 Å². The highest BCUT2D eigenvalue weighted by molar-refractivity contribution is 7.99. The van der Waals surface area contributed by atoms with Gasteiger partial charge < -0.3 is 15.2 Å². The second kappa shape index (κ2) is 9.34. The molecule has 0 saturated carbocycles. The highest BCUT2D eigenvalue weighted by atomic mass is 32.2. The zero-order valence-electron chi connectivity index (χ0n) is 12.9. The van der Waals surface area contributed by atoms with E-state index in [0.29, 0.717) is 18.4 Å². The van der Waals surface area contributed by atoms with Crippen LogP contribution >= 0.6 is 11.8 Å². The SMILES string of the molecule is CCc1cccc(OC[C@@H](O)CNC[C@@H]2CCCCS2)c1. The van der Waals surface area contributed by atoms with E-state index < -0.39 is 6.10 Å². The predicted octanol–water partition coefficient (Wildman–Crippen LogP) is 2.86. The van der Waals surface area contributed by atoms with Crippen LogP contribution in [0.3, 0.4) is 0 Å². The van der Waals surface area contributed by atoms with Crippen molar-refractivity contribution in [3.63, 3.8) is 0 Å². The molecule has 2 atom stereocenters. The van der Waals surface area contributed by atoms with Crippen LogP contribution in [-0.2, 0) is 6.42 Å². The molecule has 2 rings (SSSR count). The third-order valence-corrected chi connectivity index (χ3v) is 5.17. The van der Waals surface area contributed by atoms with Crippen LogP contribution in [-0.4, -0.2) is 41.9 Å². The second-order valence-corrected chi connectivity index (χ2v) is 7.02. The second-order valence-electron chi connectivity index (χ2n) is 5.61. The van der Waals surface area contributed by atoms with Gasteiger partial charge in [0, 0.05) is 18.3 Å². The average molecular weight is 309 g/mol. The number of aliphatic hydroxyl groups excluding tert-OH is 1. The number of aliphatic hydroxyl groups is 1. The lowest BCUT2D eigenvalue weighted by Gasteiger charge is -2.22. The summed E-state index contributed by atoms with van der Waals surface area (Å²) in [5.41, 5.74) is 1.26. The van der Waals surface area contributed by atoms with Crippen molar-refractivity contribution in [2.75, 3.05) is 25.4 Å². The molecule has 3 nitrogen and oxygen atoms in total. The molecule has 0 bridgehead atoms. The molecule has 1 heterocycles. The van der Waals surface area contributed by atoms with Crippen molar-refractivity contribution >= 4 is 11.8 Å². The minimum Gasteiger partial charge on any atom is -0.491 e. The Hall–Kier alpha value is -0.710. The fourth-order valence-corrected chi connectivity index (χ4v) is 3.76. The Kier molecular flexibility index (Phi) is 7.41. The van der Waals surface area contributed by atoms with Crippen molar-refractivity contribution in [2.24, 2.45) is 0 Å². The fourth-order valence-electron chi connectivity index (χ4n) is 2.49. The van der Waals surface area contributed by atoms with E-state index in [1.165, 1.54) is 30.6 Å². The molecule has 1 aliphatic heterocycles. The Morgan fingerprint density at radius 2 is 2.33 bits per heavy atom. The highest BCUT2D eigenvalue weighted by Crippen LogP contribution is 2.24. The first-order valence-electron chi connectivity index (χ1n) is 8.00. The monoisotopic (exact) mass is 309 g/mol. The lowest BCUT2D eigenvalue weighted by atomic mass is 10.2. The number of hydrogen-bond donors (Lipinski definition) is 2. The summed E-state index contributed by atoms with van der Waals surface area (Å²) in [7, 11) is 0. The Bertz CT molecular complexity index is 408. The minimum absolute atomic E-state index is 0.345. The topological polar surface area (TPSA) is 41.5 Å². The Morgan fingerprint density at radius 1 is 1.43 bits per heavy atom. The summed E-state index contributed by atoms with van der Waals surface area (Å²) in [5.74, 6) is 2.13. The summed E-state index contributed by atoms with van der Waals surface area (Å²) in [5, 5.41) is 14.1. The van der Waals surface area contributed by atoms with Gasteiger partial charge in [0.25, 0.3) is 0 Å². The normalized spacial score (nSPS) is 20.2. The maximum Gasteiger partial charge on any atom is 0.119 e. The molecular formula is C17H27NO2S. The average Bonchev–Trinajstić information content (AvgIpc) is 2.54. The molecule has 1 aliphatic rings. The van der Waals surface area contributed by atoms with Gasteiger partial charge in [-0.3, -0.25) is 0 Å². The van der Waals surface area contributed by atoms with Gasteiger partial charge in [0.1, 0.15) is 18.5 Å². The van der Waals surface area contributed by atoms with Gasteiger partial charge in [-0.15, -0.1) is 0 Å². The first kappa shape index (κ1) is 16.7. The molecule has 1 saturated heterocycles. The van der Waals surface area contributed by atoms with Crippen LogP contribution in [0.1, 0.15) is 31.7 Å². The van der Waals surface area contributed by atoms with E-state index in [9.17, 15) is 5.11 Å². The predicted molar refractivity (Wildman–Crippen MR) is 90.3 cm³/mol. The molecule has 0 amide bonds. The van der Waals surface area contributed by atoms with Crippen LogP contribution < -0.4 is 10.1 Å². The van der Waals surface area contributed by atoms with E-state index in [-0.39, 0.29) is 0 Å². The summed E-state index contributed by atoms with van der Waals surface area (Å²) in [6.07, 6.45) is 4.55. The number of aryl methyl sites for hydroxylation is 1. The van der Waals surface area contributed by atoms with Gasteiger partial charge in [0.05, 0.1) is 0 Å². The van der Waals surface area contributed by atoms with Gasteiger partial charge in [0.15, 0.2) is 0 Å². The molecule has 0 aromatic heterocycles. The molecule has 0 spiro atoms. The molecule has 118 valence electrons. The van der Waals surface area contributed by atoms with Gasteiger partial charge in [-0.2, -0.15) is 11.8 Å². The van der Waals surface area contributed by atoms with E-state index >= 15 is 0 Å². The quantitative estimate of drug-likeness (QED) is 0.775. The summed E-state index contributed by atoms with van der Waals surface area (Å²) in [6.45, 7) is 4.07. The van der Waals surface area contributed by atoms with E-state index in [0.717, 1.165) is 18.7 Å². The van der Waals surface area contributed by atoms with Gasteiger partial charge in [-0.1, -0.05) is 25.5 Å². The zero-order chi connectivity index (χ0) is 14.9. The molecule has 0 unspecified atom stereocenters. The number of rotatable bonds is 8. The molecule has 21 heavy (non-hydrogen) atoms. The summed E-state index contributed by atoms with van der Waals surface area (Å²) in [4.78, 5) is 0. The first-order valence-corrected chi connectivity index (χ1v) is 9.05. The molecule has 0 radical (unpaired) electrons. The first-order chi connectivity index (χ1) is 10.3. The number of ether oxygens (including phenoxy) is 1. The van der Waals surface area contributed by atoms with Crippen LogP contribution in [0.2, 0.25) is 0 Å². The van der Waals surface area contributed by atoms with Crippen molar-refractivity contribution in [1.82, 2.24) is 5.32 Å². The van der Waals surface area contributed by atoms with E-state index in [1.807, 2.05) is 18.2 Å². The van der Waals surface area contributed by atoms with E-state index in [1.54, 1.807) is 0 Å². The molecule has 1 aromatic carbocycles. The van der Waals surface area contributed by atoms with Crippen molar-refractivity contribution < 1.29 is 9.84 Å². The van der Waals surface area contributed by atoms with Crippen molar-refractivity contribution in [3.05, 3.63) is 29.8 Å². The lowest BCUT2D eigenvalue weighted by Crippen LogP contribution is -2.35. The van der Waals surface area contributed by atoms with E-state index in [4.69, 9.17) is 4.74 Å². The number of benzene rings is 1.